The second-order valence-corrected chi connectivity index (χ2v) is 3.65. The average molecular weight is 231 g/mol. The SMILES string of the molecule is Cc1cc(-c2cccc(F)c2C(=O)O)ccn1. The van der Waals surface area contributed by atoms with Crippen molar-refractivity contribution in [1.82, 2.24) is 4.98 Å². The van der Waals surface area contributed by atoms with Gasteiger partial charge in [0.25, 0.3) is 0 Å². The van der Waals surface area contributed by atoms with Crippen molar-refractivity contribution in [3.8, 4) is 11.1 Å². The Bertz CT molecular complexity index is 581. The Morgan fingerprint density at radius 3 is 2.76 bits per heavy atom. The molecule has 0 saturated carbocycles. The van der Waals surface area contributed by atoms with Crippen LogP contribution in [0, 0.1) is 12.7 Å². The number of hydrogen-bond acceptors (Lipinski definition) is 2. The van der Waals surface area contributed by atoms with Crippen LogP contribution in [0.15, 0.2) is 36.5 Å². The second kappa shape index (κ2) is 4.33. The highest BCUT2D eigenvalue weighted by Crippen LogP contribution is 2.25. The van der Waals surface area contributed by atoms with Crippen LogP contribution in [0.4, 0.5) is 4.39 Å². The van der Waals surface area contributed by atoms with Gasteiger partial charge >= 0.3 is 5.97 Å². The first kappa shape index (κ1) is 11.3. The number of aromatic carboxylic acids is 1. The van der Waals surface area contributed by atoms with Crippen molar-refractivity contribution in [3.05, 3.63) is 53.6 Å². The van der Waals surface area contributed by atoms with Crippen molar-refractivity contribution >= 4 is 5.97 Å². The van der Waals surface area contributed by atoms with E-state index >= 15 is 0 Å². The fourth-order valence-electron chi connectivity index (χ4n) is 1.70. The van der Waals surface area contributed by atoms with Crippen LogP contribution in [0.25, 0.3) is 11.1 Å². The first-order chi connectivity index (χ1) is 8.09. The van der Waals surface area contributed by atoms with Gasteiger partial charge in [0.15, 0.2) is 0 Å². The molecule has 0 spiro atoms. The van der Waals surface area contributed by atoms with E-state index in [9.17, 15) is 9.18 Å². The Hall–Kier alpha value is -2.23. The number of halogens is 1. The molecule has 0 aliphatic heterocycles. The summed E-state index contributed by atoms with van der Waals surface area (Å²) in [6, 6.07) is 7.60. The molecular weight excluding hydrogens is 221 g/mol. The zero-order valence-corrected chi connectivity index (χ0v) is 9.14. The predicted octanol–water partition coefficient (Wildman–Crippen LogP) is 2.89. The summed E-state index contributed by atoms with van der Waals surface area (Å²) in [4.78, 5) is 15.1. The van der Waals surface area contributed by atoms with E-state index in [1.165, 1.54) is 6.07 Å². The van der Waals surface area contributed by atoms with Crippen LogP contribution in [0.2, 0.25) is 0 Å². The molecule has 0 fully saturated rings. The Labute approximate surface area is 97.6 Å². The standard InChI is InChI=1S/C13H10FNO2/c1-8-7-9(5-6-15-8)10-3-2-4-11(14)12(10)13(16)17/h2-7H,1H3,(H,16,17). The Balaban J connectivity index is 2.67. The number of hydrogen-bond donors (Lipinski definition) is 1. The van der Waals surface area contributed by atoms with Gasteiger partial charge in [-0.1, -0.05) is 12.1 Å². The number of carbonyl (C=O) groups is 1. The average Bonchev–Trinajstić information content (AvgIpc) is 2.28. The van der Waals surface area contributed by atoms with E-state index in [-0.39, 0.29) is 5.56 Å². The van der Waals surface area contributed by atoms with Gasteiger partial charge in [-0.3, -0.25) is 4.98 Å². The second-order valence-electron chi connectivity index (χ2n) is 3.65. The lowest BCUT2D eigenvalue weighted by Crippen LogP contribution is -2.03. The van der Waals surface area contributed by atoms with Crippen LogP contribution < -0.4 is 0 Å². The largest absolute Gasteiger partial charge is 0.478 e. The molecule has 2 rings (SSSR count). The molecule has 0 atom stereocenters. The van der Waals surface area contributed by atoms with Crippen molar-refractivity contribution in [3.63, 3.8) is 0 Å². The lowest BCUT2D eigenvalue weighted by Gasteiger charge is -2.07. The van der Waals surface area contributed by atoms with E-state index in [0.29, 0.717) is 11.1 Å². The predicted molar refractivity (Wildman–Crippen MR) is 61.3 cm³/mol. The van der Waals surface area contributed by atoms with Crippen LogP contribution >= 0.6 is 0 Å². The number of rotatable bonds is 2. The van der Waals surface area contributed by atoms with Crippen molar-refractivity contribution in [2.45, 2.75) is 6.92 Å². The topological polar surface area (TPSA) is 50.2 Å². The molecule has 0 saturated heterocycles. The smallest absolute Gasteiger partial charge is 0.339 e. The molecule has 86 valence electrons. The molecule has 4 heteroatoms. The summed E-state index contributed by atoms with van der Waals surface area (Å²) in [5.74, 6) is -2.00. The highest BCUT2D eigenvalue weighted by Gasteiger charge is 2.16. The molecule has 2 aromatic rings. The van der Waals surface area contributed by atoms with E-state index in [1.54, 1.807) is 31.3 Å². The quantitative estimate of drug-likeness (QED) is 0.864. The summed E-state index contributed by atoms with van der Waals surface area (Å²) in [5.41, 5.74) is 1.46. The number of aryl methyl sites for hydroxylation is 1. The minimum atomic E-state index is -1.27. The molecule has 17 heavy (non-hydrogen) atoms. The molecule has 1 aromatic heterocycles. The molecule has 0 amide bonds. The summed E-state index contributed by atoms with van der Waals surface area (Å²) >= 11 is 0. The van der Waals surface area contributed by atoms with E-state index in [4.69, 9.17) is 5.11 Å². The van der Waals surface area contributed by atoms with Crippen molar-refractivity contribution in [2.24, 2.45) is 0 Å². The maximum atomic E-state index is 13.5. The first-order valence-corrected chi connectivity index (χ1v) is 5.04. The maximum absolute atomic E-state index is 13.5. The molecule has 0 radical (unpaired) electrons. The fraction of sp³-hybridized carbons (Fsp3) is 0.0769. The minimum absolute atomic E-state index is 0.307. The number of carboxylic acid groups (broad SMARTS) is 1. The third-order valence-electron chi connectivity index (χ3n) is 2.44. The lowest BCUT2D eigenvalue weighted by molar-refractivity contribution is 0.0693. The summed E-state index contributed by atoms with van der Waals surface area (Å²) in [5, 5.41) is 9.02. The molecular formula is C13H10FNO2. The highest BCUT2D eigenvalue weighted by molar-refractivity contribution is 5.96. The van der Waals surface area contributed by atoms with Gasteiger partial charge in [0, 0.05) is 11.9 Å². The minimum Gasteiger partial charge on any atom is -0.478 e. The number of aromatic nitrogens is 1. The molecule has 0 aliphatic rings. The fourth-order valence-corrected chi connectivity index (χ4v) is 1.70. The summed E-state index contributed by atoms with van der Waals surface area (Å²) < 4.78 is 13.5. The Morgan fingerprint density at radius 1 is 1.35 bits per heavy atom. The van der Waals surface area contributed by atoms with Gasteiger partial charge in [0.1, 0.15) is 11.4 Å². The van der Waals surface area contributed by atoms with Crippen LogP contribution in [0.3, 0.4) is 0 Å². The van der Waals surface area contributed by atoms with Crippen molar-refractivity contribution in [2.75, 3.05) is 0 Å². The number of pyridine rings is 1. The first-order valence-electron chi connectivity index (χ1n) is 5.04. The van der Waals surface area contributed by atoms with Crippen LogP contribution in [-0.2, 0) is 0 Å². The molecule has 0 unspecified atom stereocenters. The number of carboxylic acids is 1. The molecule has 3 nitrogen and oxygen atoms in total. The van der Waals surface area contributed by atoms with Gasteiger partial charge in [0.2, 0.25) is 0 Å². The van der Waals surface area contributed by atoms with Crippen molar-refractivity contribution in [1.29, 1.82) is 0 Å². The van der Waals surface area contributed by atoms with Gasteiger partial charge in [-0.05, 0) is 36.2 Å². The molecule has 1 N–H and O–H groups in total. The monoisotopic (exact) mass is 231 g/mol. The van der Waals surface area contributed by atoms with Gasteiger partial charge in [0.05, 0.1) is 0 Å². The van der Waals surface area contributed by atoms with Crippen LogP contribution in [0.1, 0.15) is 16.1 Å². The third-order valence-corrected chi connectivity index (χ3v) is 2.44. The van der Waals surface area contributed by atoms with E-state index in [0.717, 1.165) is 11.8 Å². The summed E-state index contributed by atoms with van der Waals surface area (Å²) in [7, 11) is 0. The zero-order valence-electron chi connectivity index (χ0n) is 9.14. The number of nitrogens with zero attached hydrogens (tertiary/aromatic N) is 1. The molecule has 0 aliphatic carbocycles. The van der Waals surface area contributed by atoms with Crippen LogP contribution in [-0.4, -0.2) is 16.1 Å². The van der Waals surface area contributed by atoms with Gasteiger partial charge in [-0.15, -0.1) is 0 Å². The van der Waals surface area contributed by atoms with Crippen molar-refractivity contribution < 1.29 is 14.3 Å². The van der Waals surface area contributed by atoms with Crippen LogP contribution in [0.5, 0.6) is 0 Å². The van der Waals surface area contributed by atoms with Gasteiger partial charge in [-0.2, -0.15) is 0 Å². The normalized spacial score (nSPS) is 10.2. The van der Waals surface area contributed by atoms with E-state index < -0.39 is 11.8 Å². The Kier molecular flexibility index (Phi) is 2.87. The maximum Gasteiger partial charge on any atom is 0.339 e. The lowest BCUT2D eigenvalue weighted by atomic mass is 9.99. The summed E-state index contributed by atoms with van der Waals surface area (Å²) in [6.45, 7) is 1.79. The third kappa shape index (κ3) is 2.15. The summed E-state index contributed by atoms with van der Waals surface area (Å²) in [6.07, 6.45) is 1.57. The number of benzene rings is 1. The molecule has 0 bridgehead atoms. The molecule has 1 aromatic carbocycles. The highest BCUT2D eigenvalue weighted by atomic mass is 19.1. The van der Waals surface area contributed by atoms with E-state index in [2.05, 4.69) is 4.98 Å². The Morgan fingerprint density at radius 2 is 2.12 bits per heavy atom. The van der Waals surface area contributed by atoms with E-state index in [1.807, 2.05) is 0 Å². The van der Waals surface area contributed by atoms with Gasteiger partial charge in [-0.25, -0.2) is 9.18 Å². The zero-order chi connectivity index (χ0) is 12.4. The van der Waals surface area contributed by atoms with Gasteiger partial charge < -0.3 is 5.11 Å². The molecule has 1 heterocycles.